The third-order valence-corrected chi connectivity index (χ3v) is 6.73. The first-order chi connectivity index (χ1) is 16.2. The maximum absolute atomic E-state index is 12.7. The Morgan fingerprint density at radius 3 is 2.37 bits per heavy atom. The third-order valence-electron chi connectivity index (χ3n) is 5.06. The van der Waals surface area contributed by atoms with E-state index in [1.165, 1.54) is 7.05 Å². The van der Waals surface area contributed by atoms with Gasteiger partial charge in [0.25, 0.3) is 0 Å². The van der Waals surface area contributed by atoms with Crippen LogP contribution >= 0.6 is 15.9 Å². The standard InChI is InChI=1S/C24H29BrN4O5S/c1-23(2,3)34-22(30)26-24(4,15-16-10-8-7-9-11-16)21-28-27-20(33-21)17-12-18(25)14-19(13-17)29(5)35(6,31)32/h7-14H,15H2,1-6H3,(H,26,30)/t24-/m1/s1. The van der Waals surface area contributed by atoms with Gasteiger partial charge in [-0.15, -0.1) is 10.2 Å². The van der Waals surface area contributed by atoms with E-state index >= 15 is 0 Å². The topological polar surface area (TPSA) is 115 Å². The summed E-state index contributed by atoms with van der Waals surface area (Å²) in [4.78, 5) is 12.7. The minimum absolute atomic E-state index is 0.176. The molecule has 0 saturated heterocycles. The maximum atomic E-state index is 12.7. The number of ether oxygens (including phenoxy) is 1. The van der Waals surface area contributed by atoms with Crippen molar-refractivity contribution in [2.24, 2.45) is 0 Å². The zero-order valence-electron chi connectivity index (χ0n) is 20.5. The first-order valence-electron chi connectivity index (χ1n) is 10.8. The van der Waals surface area contributed by atoms with E-state index < -0.39 is 27.3 Å². The zero-order valence-corrected chi connectivity index (χ0v) is 22.9. The average molecular weight is 565 g/mol. The molecule has 0 unspecified atom stereocenters. The number of sulfonamides is 1. The van der Waals surface area contributed by atoms with Gasteiger partial charge in [0.05, 0.1) is 11.9 Å². The van der Waals surface area contributed by atoms with Crippen LogP contribution in [0.3, 0.4) is 0 Å². The van der Waals surface area contributed by atoms with Gasteiger partial charge in [0, 0.05) is 23.5 Å². The minimum Gasteiger partial charge on any atom is -0.444 e. The Labute approximate surface area is 214 Å². The van der Waals surface area contributed by atoms with Crippen molar-refractivity contribution < 1.29 is 22.4 Å². The Morgan fingerprint density at radius 2 is 1.77 bits per heavy atom. The molecule has 11 heteroatoms. The molecule has 0 bridgehead atoms. The van der Waals surface area contributed by atoms with Gasteiger partial charge in [-0.3, -0.25) is 4.31 Å². The zero-order chi connectivity index (χ0) is 26.0. The van der Waals surface area contributed by atoms with Crippen LogP contribution in [-0.4, -0.2) is 43.6 Å². The van der Waals surface area contributed by atoms with Crippen molar-refractivity contribution in [2.75, 3.05) is 17.6 Å². The number of benzene rings is 2. The fourth-order valence-electron chi connectivity index (χ4n) is 3.34. The van der Waals surface area contributed by atoms with Gasteiger partial charge in [-0.1, -0.05) is 46.3 Å². The van der Waals surface area contributed by atoms with Gasteiger partial charge in [-0.2, -0.15) is 0 Å². The van der Waals surface area contributed by atoms with Crippen molar-refractivity contribution in [2.45, 2.75) is 45.3 Å². The second kappa shape index (κ2) is 9.98. The molecule has 9 nitrogen and oxygen atoms in total. The summed E-state index contributed by atoms with van der Waals surface area (Å²) in [7, 11) is -2.01. The second-order valence-corrected chi connectivity index (χ2v) is 12.4. The predicted octanol–water partition coefficient (Wildman–Crippen LogP) is 4.88. The lowest BCUT2D eigenvalue weighted by atomic mass is 9.92. The first-order valence-corrected chi connectivity index (χ1v) is 13.4. The molecule has 0 saturated carbocycles. The number of nitrogens with one attached hydrogen (secondary N) is 1. The number of rotatable bonds is 7. The molecule has 3 rings (SSSR count). The quantitative estimate of drug-likeness (QED) is 0.435. The molecular weight excluding hydrogens is 536 g/mol. The van der Waals surface area contributed by atoms with Crippen LogP contribution < -0.4 is 9.62 Å². The Hall–Kier alpha value is -2.92. The SMILES string of the molecule is CN(c1cc(Br)cc(-c2nnc([C@@](C)(Cc3ccccc3)NC(=O)OC(C)(C)C)o2)c1)S(C)(=O)=O. The van der Waals surface area contributed by atoms with E-state index in [1.54, 1.807) is 45.9 Å². The van der Waals surface area contributed by atoms with Crippen LogP contribution in [0.5, 0.6) is 0 Å². The van der Waals surface area contributed by atoms with Gasteiger partial charge in [0.15, 0.2) is 0 Å². The number of carbonyl (C=O) groups excluding carboxylic acids is 1. The lowest BCUT2D eigenvalue weighted by Gasteiger charge is -2.29. The fourth-order valence-corrected chi connectivity index (χ4v) is 4.31. The number of nitrogens with zero attached hydrogens (tertiary/aromatic N) is 3. The number of hydrogen-bond acceptors (Lipinski definition) is 7. The van der Waals surface area contributed by atoms with Crippen LogP contribution in [0.1, 0.15) is 39.1 Å². The van der Waals surface area contributed by atoms with E-state index in [9.17, 15) is 13.2 Å². The molecule has 1 amide bonds. The number of hydrogen-bond donors (Lipinski definition) is 1. The van der Waals surface area contributed by atoms with Gasteiger partial charge in [0.1, 0.15) is 11.1 Å². The summed E-state index contributed by atoms with van der Waals surface area (Å²) in [6, 6.07) is 14.7. The van der Waals surface area contributed by atoms with E-state index in [4.69, 9.17) is 9.15 Å². The lowest BCUT2D eigenvalue weighted by molar-refractivity contribution is 0.0443. The molecule has 1 heterocycles. The Kier molecular flexibility index (Phi) is 7.61. The van der Waals surface area contributed by atoms with E-state index in [0.29, 0.717) is 22.1 Å². The van der Waals surface area contributed by atoms with Crippen LogP contribution in [0.2, 0.25) is 0 Å². The molecule has 0 aliphatic heterocycles. The number of amides is 1. The molecule has 1 atom stereocenters. The molecule has 0 spiro atoms. The molecule has 0 fully saturated rings. The highest BCUT2D eigenvalue weighted by atomic mass is 79.9. The number of aromatic nitrogens is 2. The molecule has 2 aromatic carbocycles. The Morgan fingerprint density at radius 1 is 1.11 bits per heavy atom. The molecule has 3 aromatic rings. The molecule has 188 valence electrons. The number of halogens is 1. The summed E-state index contributed by atoms with van der Waals surface area (Å²) in [5.74, 6) is 0.356. The van der Waals surface area contributed by atoms with Gasteiger partial charge in [0.2, 0.25) is 21.8 Å². The Bertz CT molecular complexity index is 1300. The number of alkyl carbamates (subject to hydrolysis) is 1. The van der Waals surface area contributed by atoms with Crippen molar-refractivity contribution in [3.8, 4) is 11.5 Å². The largest absolute Gasteiger partial charge is 0.444 e. The van der Waals surface area contributed by atoms with Crippen LogP contribution in [0.15, 0.2) is 57.4 Å². The van der Waals surface area contributed by atoms with Crippen LogP contribution in [0, 0.1) is 0 Å². The van der Waals surface area contributed by atoms with Crippen LogP contribution in [-0.2, 0) is 26.7 Å². The summed E-state index contributed by atoms with van der Waals surface area (Å²) >= 11 is 3.41. The van der Waals surface area contributed by atoms with E-state index in [1.807, 2.05) is 30.3 Å². The predicted molar refractivity (Wildman–Crippen MR) is 138 cm³/mol. The molecule has 35 heavy (non-hydrogen) atoms. The van der Waals surface area contributed by atoms with Gasteiger partial charge in [-0.05, 0) is 51.5 Å². The summed E-state index contributed by atoms with van der Waals surface area (Å²) in [6.07, 6.45) is 0.876. The van der Waals surface area contributed by atoms with Gasteiger partial charge >= 0.3 is 6.09 Å². The molecule has 0 aliphatic carbocycles. The highest BCUT2D eigenvalue weighted by Crippen LogP contribution is 2.32. The van der Waals surface area contributed by atoms with E-state index in [2.05, 4.69) is 31.4 Å². The van der Waals surface area contributed by atoms with E-state index in [-0.39, 0.29) is 11.8 Å². The van der Waals surface area contributed by atoms with Crippen molar-refractivity contribution in [3.05, 3.63) is 64.5 Å². The summed E-state index contributed by atoms with van der Waals surface area (Å²) in [5.41, 5.74) is 0.132. The van der Waals surface area contributed by atoms with Crippen molar-refractivity contribution in [3.63, 3.8) is 0 Å². The van der Waals surface area contributed by atoms with Crippen molar-refractivity contribution in [1.29, 1.82) is 0 Å². The van der Waals surface area contributed by atoms with Gasteiger partial charge < -0.3 is 14.5 Å². The molecule has 1 aromatic heterocycles. The maximum Gasteiger partial charge on any atom is 0.408 e. The fraction of sp³-hybridized carbons (Fsp3) is 0.375. The molecule has 0 radical (unpaired) electrons. The molecule has 0 aliphatic rings. The number of anilines is 1. The summed E-state index contributed by atoms with van der Waals surface area (Å²) in [6.45, 7) is 7.13. The summed E-state index contributed by atoms with van der Waals surface area (Å²) in [5, 5.41) is 11.3. The highest BCUT2D eigenvalue weighted by molar-refractivity contribution is 9.10. The number of carbonyl (C=O) groups is 1. The molecule has 1 N–H and O–H groups in total. The van der Waals surface area contributed by atoms with Crippen LogP contribution in [0.25, 0.3) is 11.5 Å². The van der Waals surface area contributed by atoms with Gasteiger partial charge in [-0.25, -0.2) is 13.2 Å². The van der Waals surface area contributed by atoms with Crippen LogP contribution in [0.4, 0.5) is 10.5 Å². The first kappa shape index (κ1) is 26.7. The second-order valence-electron chi connectivity index (χ2n) is 9.46. The lowest BCUT2D eigenvalue weighted by Crippen LogP contribution is -2.47. The Balaban J connectivity index is 2.00. The smallest absolute Gasteiger partial charge is 0.408 e. The average Bonchev–Trinajstić information content (AvgIpc) is 3.22. The monoisotopic (exact) mass is 564 g/mol. The van der Waals surface area contributed by atoms with Crippen molar-refractivity contribution in [1.82, 2.24) is 15.5 Å². The minimum atomic E-state index is -3.47. The molecular formula is C24H29BrN4O5S. The van der Waals surface area contributed by atoms with Crippen molar-refractivity contribution >= 4 is 37.7 Å². The third kappa shape index (κ3) is 7.04. The normalized spacial score (nSPS) is 13.7. The highest BCUT2D eigenvalue weighted by Gasteiger charge is 2.36. The van der Waals surface area contributed by atoms with E-state index in [0.717, 1.165) is 16.1 Å². The summed E-state index contributed by atoms with van der Waals surface area (Å²) < 4.78 is 37.3.